The minimum Gasteiger partial charge on any atom is -0.482 e. The number of ether oxygens (including phenoxy) is 1. The highest BCUT2D eigenvalue weighted by atomic mass is 79.9. The summed E-state index contributed by atoms with van der Waals surface area (Å²) in [6, 6.07) is 12.3. The quantitative estimate of drug-likeness (QED) is 0.437. The summed E-state index contributed by atoms with van der Waals surface area (Å²) < 4.78 is 45.9. The fraction of sp³-hybridized carbons (Fsp3) is 0.188. The van der Waals surface area contributed by atoms with Gasteiger partial charge in [0.15, 0.2) is 12.9 Å². The van der Waals surface area contributed by atoms with E-state index in [1.54, 1.807) is 36.4 Å². The van der Waals surface area contributed by atoms with Crippen LogP contribution in [0.5, 0.6) is 5.75 Å². The van der Waals surface area contributed by atoms with Gasteiger partial charge in [0.2, 0.25) is 10.0 Å². The lowest BCUT2D eigenvalue weighted by molar-refractivity contribution is -0.139. The second-order valence-electron chi connectivity index (χ2n) is 5.01. The van der Waals surface area contributed by atoms with Crippen LogP contribution in [0.4, 0.5) is 4.39 Å². The number of halogens is 2. The van der Waals surface area contributed by atoms with Crippen molar-refractivity contribution in [3.05, 3.63) is 53.0 Å². The SMILES string of the molecule is O=C(O)COc1ccc(SCC(F)NS(=O)(=O)c2ccc(Br)cc2)cc1. The number of carbonyl (C=O) groups is 1. The van der Waals surface area contributed by atoms with Crippen molar-refractivity contribution < 1.29 is 27.4 Å². The van der Waals surface area contributed by atoms with Crippen molar-refractivity contribution in [3.8, 4) is 5.75 Å². The lowest BCUT2D eigenvalue weighted by Crippen LogP contribution is -2.33. The van der Waals surface area contributed by atoms with E-state index in [0.717, 1.165) is 16.2 Å². The number of hydrogen-bond acceptors (Lipinski definition) is 5. The zero-order valence-electron chi connectivity index (χ0n) is 13.3. The first-order valence-corrected chi connectivity index (χ1v) is 10.5. The first kappa shape index (κ1) is 20.7. The van der Waals surface area contributed by atoms with E-state index in [1.807, 2.05) is 4.72 Å². The molecule has 26 heavy (non-hydrogen) atoms. The van der Waals surface area contributed by atoms with Gasteiger partial charge in [-0.15, -0.1) is 11.8 Å². The molecule has 2 aromatic carbocycles. The molecule has 1 unspecified atom stereocenters. The van der Waals surface area contributed by atoms with Gasteiger partial charge in [-0.2, -0.15) is 4.72 Å². The molecule has 0 heterocycles. The molecule has 0 fully saturated rings. The Balaban J connectivity index is 1.87. The van der Waals surface area contributed by atoms with Gasteiger partial charge in [0, 0.05) is 15.1 Å². The van der Waals surface area contributed by atoms with Crippen LogP contribution < -0.4 is 9.46 Å². The van der Waals surface area contributed by atoms with Crippen LogP contribution in [-0.4, -0.2) is 38.1 Å². The molecule has 1 atom stereocenters. The minimum atomic E-state index is -3.94. The van der Waals surface area contributed by atoms with Gasteiger partial charge in [-0.3, -0.25) is 0 Å². The molecular formula is C16H15BrFNO5S2. The maximum Gasteiger partial charge on any atom is 0.341 e. The molecule has 0 bridgehead atoms. The van der Waals surface area contributed by atoms with Crippen LogP contribution in [0.3, 0.4) is 0 Å². The molecule has 0 saturated carbocycles. The van der Waals surface area contributed by atoms with Gasteiger partial charge >= 0.3 is 5.97 Å². The van der Waals surface area contributed by atoms with Gasteiger partial charge < -0.3 is 9.84 Å². The van der Waals surface area contributed by atoms with E-state index < -0.39 is 28.9 Å². The summed E-state index contributed by atoms with van der Waals surface area (Å²) in [5, 5.41) is 8.53. The molecule has 140 valence electrons. The Bertz CT molecular complexity index is 844. The molecular weight excluding hydrogens is 449 g/mol. The van der Waals surface area contributed by atoms with Crippen LogP contribution in [-0.2, 0) is 14.8 Å². The number of alkyl halides is 1. The molecule has 10 heteroatoms. The predicted molar refractivity (Wildman–Crippen MR) is 99.7 cm³/mol. The van der Waals surface area contributed by atoms with Gasteiger partial charge in [-0.1, -0.05) is 15.9 Å². The zero-order chi connectivity index (χ0) is 19.2. The van der Waals surface area contributed by atoms with Gasteiger partial charge in [-0.05, 0) is 48.5 Å². The molecule has 0 amide bonds. The molecule has 2 N–H and O–H groups in total. The Morgan fingerprint density at radius 2 is 1.81 bits per heavy atom. The van der Waals surface area contributed by atoms with E-state index in [1.165, 1.54) is 12.1 Å². The Hall–Kier alpha value is -1.62. The molecule has 6 nitrogen and oxygen atoms in total. The third-order valence-electron chi connectivity index (χ3n) is 2.99. The van der Waals surface area contributed by atoms with E-state index in [2.05, 4.69) is 15.9 Å². The first-order chi connectivity index (χ1) is 12.3. The van der Waals surface area contributed by atoms with Crippen molar-refractivity contribution in [2.45, 2.75) is 16.1 Å². The summed E-state index contributed by atoms with van der Waals surface area (Å²) in [7, 11) is -3.94. The van der Waals surface area contributed by atoms with Crippen molar-refractivity contribution in [2.24, 2.45) is 0 Å². The fourth-order valence-electron chi connectivity index (χ4n) is 1.83. The Labute approximate surface area is 162 Å². The molecule has 0 radical (unpaired) electrons. The fourth-order valence-corrected chi connectivity index (χ4v) is 4.00. The van der Waals surface area contributed by atoms with E-state index in [0.29, 0.717) is 10.6 Å². The lowest BCUT2D eigenvalue weighted by atomic mass is 10.3. The zero-order valence-corrected chi connectivity index (χ0v) is 16.5. The van der Waals surface area contributed by atoms with Gasteiger partial charge in [0.1, 0.15) is 5.75 Å². The maximum atomic E-state index is 14.0. The van der Waals surface area contributed by atoms with Crippen LogP contribution in [0.15, 0.2) is 62.8 Å². The largest absolute Gasteiger partial charge is 0.482 e. The van der Waals surface area contributed by atoms with E-state index >= 15 is 0 Å². The summed E-state index contributed by atoms with van der Waals surface area (Å²) >= 11 is 4.32. The molecule has 0 spiro atoms. The number of hydrogen-bond donors (Lipinski definition) is 2. The second-order valence-corrected chi connectivity index (χ2v) is 8.73. The highest BCUT2D eigenvalue weighted by Gasteiger charge is 2.19. The Kier molecular flexibility index (Phi) is 7.44. The van der Waals surface area contributed by atoms with E-state index in [4.69, 9.17) is 9.84 Å². The van der Waals surface area contributed by atoms with Crippen molar-refractivity contribution in [1.82, 2.24) is 4.72 Å². The highest BCUT2D eigenvalue weighted by Crippen LogP contribution is 2.23. The number of sulfonamides is 1. The molecule has 0 aromatic heterocycles. The number of carboxylic acids is 1. The average molecular weight is 464 g/mol. The lowest BCUT2D eigenvalue weighted by Gasteiger charge is -2.11. The van der Waals surface area contributed by atoms with Gasteiger partial charge in [0.05, 0.1) is 4.90 Å². The standard InChI is InChI=1S/C16H15BrFNO5S2/c17-11-1-7-14(8-2-11)26(22,23)19-15(18)10-25-13-5-3-12(4-6-13)24-9-16(20)21/h1-8,15,19H,9-10H2,(H,20,21). The smallest absolute Gasteiger partial charge is 0.341 e. The number of carboxylic acid groups (broad SMARTS) is 1. The summed E-state index contributed by atoms with van der Waals surface area (Å²) in [6.07, 6.45) is -1.77. The number of nitrogens with one attached hydrogen (secondary N) is 1. The van der Waals surface area contributed by atoms with Crippen LogP contribution in [0.1, 0.15) is 0 Å². The Morgan fingerprint density at radius 1 is 1.19 bits per heavy atom. The van der Waals surface area contributed by atoms with Crippen LogP contribution in [0, 0.1) is 0 Å². The summed E-state index contributed by atoms with van der Waals surface area (Å²) in [6.45, 7) is -0.448. The van der Waals surface area contributed by atoms with E-state index in [9.17, 15) is 17.6 Å². The highest BCUT2D eigenvalue weighted by molar-refractivity contribution is 9.10. The van der Waals surface area contributed by atoms with Crippen LogP contribution in [0.2, 0.25) is 0 Å². The van der Waals surface area contributed by atoms with Crippen LogP contribution in [0.25, 0.3) is 0 Å². The monoisotopic (exact) mass is 463 g/mol. The van der Waals surface area contributed by atoms with Crippen molar-refractivity contribution in [1.29, 1.82) is 0 Å². The van der Waals surface area contributed by atoms with Gasteiger partial charge in [-0.25, -0.2) is 17.6 Å². The first-order valence-electron chi connectivity index (χ1n) is 7.26. The molecule has 0 aliphatic rings. The third-order valence-corrected chi connectivity index (χ3v) is 6.04. The molecule has 0 saturated heterocycles. The molecule has 0 aliphatic heterocycles. The van der Waals surface area contributed by atoms with Crippen molar-refractivity contribution >= 4 is 43.7 Å². The van der Waals surface area contributed by atoms with E-state index in [-0.39, 0.29) is 10.6 Å². The summed E-state index contributed by atoms with van der Waals surface area (Å²) in [5.74, 6) is -0.822. The summed E-state index contributed by atoms with van der Waals surface area (Å²) in [4.78, 5) is 11.1. The molecule has 2 rings (SSSR count). The average Bonchev–Trinajstić information content (AvgIpc) is 2.59. The normalized spacial score (nSPS) is 12.5. The van der Waals surface area contributed by atoms with Gasteiger partial charge in [0.25, 0.3) is 0 Å². The third kappa shape index (κ3) is 6.60. The molecule has 2 aromatic rings. The van der Waals surface area contributed by atoms with Crippen molar-refractivity contribution in [2.75, 3.05) is 12.4 Å². The summed E-state index contributed by atoms with van der Waals surface area (Å²) in [5.41, 5.74) is 0. The number of rotatable bonds is 9. The number of benzene rings is 2. The number of thioether (sulfide) groups is 1. The number of aliphatic carboxylic acids is 1. The van der Waals surface area contributed by atoms with Crippen LogP contribution >= 0.6 is 27.7 Å². The Morgan fingerprint density at radius 3 is 2.38 bits per heavy atom. The second kappa shape index (κ2) is 9.36. The molecule has 0 aliphatic carbocycles. The topological polar surface area (TPSA) is 92.7 Å². The minimum absolute atomic E-state index is 0.0201. The van der Waals surface area contributed by atoms with Crippen molar-refractivity contribution in [3.63, 3.8) is 0 Å². The predicted octanol–water partition coefficient (Wildman–Crippen LogP) is 3.28. The maximum absolute atomic E-state index is 14.0.